The lowest BCUT2D eigenvalue weighted by atomic mass is 10.2. The largest absolute Gasteiger partial charge is 0.463 e. The molecule has 0 rings (SSSR count). The van der Waals surface area contributed by atoms with Crippen molar-refractivity contribution in [3.05, 3.63) is 12.2 Å². The third-order valence-electron chi connectivity index (χ3n) is 2.25. The fraction of sp³-hybridized carbons (Fsp3) is 0.600. The number of esters is 4. The Bertz CT molecular complexity index is 441. The van der Waals surface area contributed by atoms with Crippen LogP contribution in [0.5, 0.6) is 0 Å². The van der Waals surface area contributed by atoms with Gasteiger partial charge in [0.1, 0.15) is 0 Å². The predicted molar refractivity (Wildman–Crippen MR) is 78.2 cm³/mol. The van der Waals surface area contributed by atoms with Gasteiger partial charge in [0.05, 0.1) is 19.6 Å². The van der Waals surface area contributed by atoms with Crippen LogP contribution in [0.25, 0.3) is 0 Å². The lowest BCUT2D eigenvalue weighted by molar-refractivity contribution is -0.159. The van der Waals surface area contributed by atoms with E-state index in [0.29, 0.717) is 12.8 Å². The van der Waals surface area contributed by atoms with Gasteiger partial charge in [0.2, 0.25) is 0 Å². The van der Waals surface area contributed by atoms with Crippen molar-refractivity contribution >= 4 is 23.9 Å². The van der Waals surface area contributed by atoms with E-state index in [1.54, 1.807) is 0 Å². The van der Waals surface area contributed by atoms with Crippen LogP contribution in [0, 0.1) is 0 Å². The maximum atomic E-state index is 11.5. The molecular formula is C15H22O8. The molecule has 0 N–H and O–H groups in total. The second-order valence-corrected chi connectivity index (χ2v) is 4.46. The van der Waals surface area contributed by atoms with Crippen molar-refractivity contribution in [1.82, 2.24) is 0 Å². The Morgan fingerprint density at radius 3 is 1.70 bits per heavy atom. The molecule has 0 aliphatic carbocycles. The topological polar surface area (TPSA) is 105 Å². The van der Waals surface area contributed by atoms with E-state index in [9.17, 15) is 19.2 Å². The van der Waals surface area contributed by atoms with Crippen molar-refractivity contribution < 1.29 is 38.1 Å². The van der Waals surface area contributed by atoms with Gasteiger partial charge in [0, 0.05) is 5.57 Å². The minimum atomic E-state index is -0.913. The zero-order chi connectivity index (χ0) is 17.7. The molecule has 0 aliphatic heterocycles. The Balaban J connectivity index is 3.97. The van der Waals surface area contributed by atoms with E-state index in [0.717, 1.165) is 0 Å². The monoisotopic (exact) mass is 330 g/mol. The Hall–Kier alpha value is -2.38. The molecule has 0 fully saturated rings. The van der Waals surface area contributed by atoms with Gasteiger partial charge in [-0.05, 0) is 12.8 Å². The number of hydrogen-bond acceptors (Lipinski definition) is 8. The molecule has 8 nitrogen and oxygen atoms in total. The average Bonchev–Trinajstić information content (AvgIpc) is 2.53. The smallest absolute Gasteiger partial charge is 0.344 e. The van der Waals surface area contributed by atoms with E-state index in [4.69, 9.17) is 9.47 Å². The number of rotatable bonds is 11. The predicted octanol–water partition coefficient (Wildman–Crippen LogP) is 0.925. The summed E-state index contributed by atoms with van der Waals surface area (Å²) in [6, 6.07) is 0. The molecule has 0 aromatic rings. The van der Waals surface area contributed by atoms with E-state index in [1.807, 2.05) is 13.8 Å². The summed E-state index contributed by atoms with van der Waals surface area (Å²) in [7, 11) is 0. The van der Waals surface area contributed by atoms with Gasteiger partial charge in [0.15, 0.2) is 13.2 Å². The standard InChI is InChI=1S/C15H22O8/c1-4-6-20-13(17)9-22-12(16)8-11(3)15(19)23-10-14(18)21-7-5-2/h3-10H2,1-2H3. The van der Waals surface area contributed by atoms with E-state index >= 15 is 0 Å². The first-order chi connectivity index (χ1) is 10.9. The lowest BCUT2D eigenvalue weighted by Crippen LogP contribution is -2.20. The van der Waals surface area contributed by atoms with Gasteiger partial charge in [-0.25, -0.2) is 14.4 Å². The number of ether oxygens (including phenoxy) is 4. The van der Waals surface area contributed by atoms with Crippen LogP contribution in [-0.4, -0.2) is 50.3 Å². The Labute approximate surface area is 134 Å². The van der Waals surface area contributed by atoms with Crippen molar-refractivity contribution in [1.29, 1.82) is 0 Å². The highest BCUT2D eigenvalue weighted by Gasteiger charge is 2.17. The van der Waals surface area contributed by atoms with Gasteiger partial charge in [-0.15, -0.1) is 0 Å². The number of hydrogen-bond donors (Lipinski definition) is 0. The normalized spacial score (nSPS) is 9.65. The molecule has 0 atom stereocenters. The maximum Gasteiger partial charge on any atom is 0.344 e. The first kappa shape index (κ1) is 20.6. The molecule has 0 saturated heterocycles. The molecule has 0 saturated carbocycles. The maximum absolute atomic E-state index is 11.5. The molecule has 8 heteroatoms. The fourth-order valence-electron chi connectivity index (χ4n) is 1.18. The summed E-state index contributed by atoms with van der Waals surface area (Å²) in [5.41, 5.74) is -0.194. The van der Waals surface area contributed by atoms with Crippen molar-refractivity contribution in [2.45, 2.75) is 33.1 Å². The summed E-state index contributed by atoms with van der Waals surface area (Å²) >= 11 is 0. The SMILES string of the molecule is C=C(CC(=O)OCC(=O)OCCC)C(=O)OCC(=O)OCCC. The van der Waals surface area contributed by atoms with Crippen LogP contribution in [0.1, 0.15) is 33.1 Å². The van der Waals surface area contributed by atoms with Crippen LogP contribution >= 0.6 is 0 Å². The van der Waals surface area contributed by atoms with Crippen LogP contribution in [-0.2, 0) is 38.1 Å². The van der Waals surface area contributed by atoms with E-state index in [2.05, 4.69) is 16.1 Å². The van der Waals surface area contributed by atoms with Gasteiger partial charge in [-0.1, -0.05) is 20.4 Å². The molecule has 0 aromatic heterocycles. The van der Waals surface area contributed by atoms with Crippen LogP contribution in [0.15, 0.2) is 12.2 Å². The second kappa shape index (κ2) is 12.2. The summed E-state index contributed by atoms with van der Waals surface area (Å²) in [4.78, 5) is 45.2. The van der Waals surface area contributed by atoms with Crippen LogP contribution in [0.2, 0.25) is 0 Å². The second-order valence-electron chi connectivity index (χ2n) is 4.46. The van der Waals surface area contributed by atoms with Crippen molar-refractivity contribution in [2.75, 3.05) is 26.4 Å². The van der Waals surface area contributed by atoms with E-state index in [-0.39, 0.29) is 18.8 Å². The summed E-state index contributed by atoms with van der Waals surface area (Å²) in [6.07, 6.45) is 0.853. The molecule has 0 radical (unpaired) electrons. The van der Waals surface area contributed by atoms with Crippen LogP contribution < -0.4 is 0 Å². The summed E-state index contributed by atoms with van der Waals surface area (Å²) in [6.45, 7) is 6.40. The molecule has 0 heterocycles. The van der Waals surface area contributed by atoms with Crippen molar-refractivity contribution in [2.24, 2.45) is 0 Å². The van der Waals surface area contributed by atoms with Gasteiger partial charge in [-0.2, -0.15) is 0 Å². The molecule has 0 amide bonds. The van der Waals surface area contributed by atoms with Gasteiger partial charge in [-0.3, -0.25) is 4.79 Å². The summed E-state index contributed by atoms with van der Waals surface area (Å²) in [5.74, 6) is -3.10. The van der Waals surface area contributed by atoms with Crippen molar-refractivity contribution in [3.63, 3.8) is 0 Å². The molecule has 0 aromatic carbocycles. The summed E-state index contributed by atoms with van der Waals surface area (Å²) < 4.78 is 18.7. The zero-order valence-corrected chi connectivity index (χ0v) is 13.4. The minimum Gasteiger partial charge on any atom is -0.463 e. The first-order valence-corrected chi connectivity index (χ1v) is 7.22. The number of carbonyl (C=O) groups excluding carboxylic acids is 4. The Morgan fingerprint density at radius 1 is 0.739 bits per heavy atom. The van der Waals surface area contributed by atoms with Crippen LogP contribution in [0.4, 0.5) is 0 Å². The minimum absolute atomic E-state index is 0.194. The highest BCUT2D eigenvalue weighted by Crippen LogP contribution is 2.03. The van der Waals surface area contributed by atoms with Gasteiger partial charge in [0.25, 0.3) is 0 Å². The average molecular weight is 330 g/mol. The lowest BCUT2D eigenvalue weighted by Gasteiger charge is -2.08. The highest BCUT2D eigenvalue weighted by molar-refractivity contribution is 5.94. The van der Waals surface area contributed by atoms with Gasteiger partial charge < -0.3 is 18.9 Å². The molecule has 130 valence electrons. The molecule has 0 spiro atoms. The highest BCUT2D eigenvalue weighted by atomic mass is 16.6. The Morgan fingerprint density at radius 2 is 1.22 bits per heavy atom. The number of carbonyl (C=O) groups is 4. The molecule has 0 aliphatic rings. The van der Waals surface area contributed by atoms with Gasteiger partial charge >= 0.3 is 23.9 Å². The van der Waals surface area contributed by atoms with Crippen LogP contribution in [0.3, 0.4) is 0 Å². The molecular weight excluding hydrogens is 308 g/mol. The molecule has 23 heavy (non-hydrogen) atoms. The quantitative estimate of drug-likeness (QED) is 0.313. The van der Waals surface area contributed by atoms with E-state index in [1.165, 1.54) is 0 Å². The van der Waals surface area contributed by atoms with E-state index < -0.39 is 43.5 Å². The molecule has 0 bridgehead atoms. The van der Waals surface area contributed by atoms with Crippen molar-refractivity contribution in [3.8, 4) is 0 Å². The first-order valence-electron chi connectivity index (χ1n) is 7.22. The fourth-order valence-corrected chi connectivity index (χ4v) is 1.18. The third kappa shape index (κ3) is 10.9. The zero-order valence-electron chi connectivity index (χ0n) is 13.4. The third-order valence-corrected chi connectivity index (χ3v) is 2.25. The Kier molecular flexibility index (Phi) is 10.9. The molecule has 0 unspecified atom stereocenters. The summed E-state index contributed by atoms with van der Waals surface area (Å²) in [5, 5.41) is 0.